The quantitative estimate of drug-likeness (QED) is 0.812. The Morgan fingerprint density at radius 2 is 2.10 bits per heavy atom. The van der Waals surface area contributed by atoms with E-state index in [0.29, 0.717) is 0 Å². The summed E-state index contributed by atoms with van der Waals surface area (Å²) in [5.74, 6) is -1.80. The van der Waals surface area contributed by atoms with E-state index < -0.39 is 18.2 Å². The third kappa shape index (κ3) is 5.48. The largest absolute Gasteiger partial charge is 0.432 e. The molecule has 112 valence electrons. The van der Waals surface area contributed by atoms with Crippen LogP contribution in [0.1, 0.15) is 20.3 Å². The smallest absolute Gasteiger partial charge is 0.387 e. The van der Waals surface area contributed by atoms with Gasteiger partial charge in [0.1, 0.15) is 0 Å². The lowest BCUT2D eigenvalue weighted by Gasteiger charge is -2.12. The molecule has 0 aliphatic rings. The van der Waals surface area contributed by atoms with Crippen LogP contribution < -0.4 is 15.4 Å². The summed E-state index contributed by atoms with van der Waals surface area (Å²) in [7, 11) is 0. The summed E-state index contributed by atoms with van der Waals surface area (Å²) in [5, 5.41) is 5.56. The normalized spacial score (nSPS) is 12.3. The molecular weight excluding hydrogens is 273 g/mol. The van der Waals surface area contributed by atoms with E-state index in [1.807, 2.05) is 13.8 Å². The molecule has 0 radical (unpaired) electrons. The molecule has 0 fully saturated rings. The number of hydrogen-bond donors (Lipinski definition) is 2. The van der Waals surface area contributed by atoms with Crippen LogP contribution in [0.2, 0.25) is 0 Å². The molecular formula is C13H17F3N2O2. The summed E-state index contributed by atoms with van der Waals surface area (Å²) >= 11 is 0. The number of nitrogens with one attached hydrogen (secondary N) is 2. The fourth-order valence-electron chi connectivity index (χ4n) is 1.68. The minimum atomic E-state index is -3.09. The molecule has 2 N–H and O–H groups in total. The molecule has 1 unspecified atom stereocenters. The van der Waals surface area contributed by atoms with Crippen molar-refractivity contribution in [2.75, 3.05) is 11.9 Å². The molecule has 4 nitrogen and oxygen atoms in total. The van der Waals surface area contributed by atoms with Crippen LogP contribution in [0.15, 0.2) is 18.2 Å². The van der Waals surface area contributed by atoms with Crippen molar-refractivity contribution in [1.29, 1.82) is 0 Å². The van der Waals surface area contributed by atoms with E-state index in [0.717, 1.165) is 18.7 Å². The standard InChI is InChI=1S/C13H17F3N2O2/c1-3-17-8(2)6-12(19)18-9-4-5-11(10(14)7-9)20-13(15)16/h4-5,7-8,13,17H,3,6H2,1-2H3,(H,18,19). The first kappa shape index (κ1) is 16.3. The van der Waals surface area contributed by atoms with Crippen molar-refractivity contribution < 1.29 is 22.7 Å². The second-order valence-corrected chi connectivity index (χ2v) is 4.23. The molecule has 0 bridgehead atoms. The third-order valence-corrected chi connectivity index (χ3v) is 2.48. The van der Waals surface area contributed by atoms with Gasteiger partial charge in [0.05, 0.1) is 0 Å². The first-order valence-corrected chi connectivity index (χ1v) is 6.20. The maximum absolute atomic E-state index is 13.4. The van der Waals surface area contributed by atoms with Crippen molar-refractivity contribution in [2.45, 2.75) is 32.9 Å². The molecule has 0 saturated heterocycles. The maximum atomic E-state index is 13.4. The summed E-state index contributed by atoms with van der Waals surface area (Å²) in [4.78, 5) is 11.6. The summed E-state index contributed by atoms with van der Waals surface area (Å²) in [6.07, 6.45) is 0.227. The van der Waals surface area contributed by atoms with E-state index in [2.05, 4.69) is 15.4 Å². The summed E-state index contributed by atoms with van der Waals surface area (Å²) in [5.41, 5.74) is 0.192. The monoisotopic (exact) mass is 290 g/mol. The number of benzene rings is 1. The Morgan fingerprint density at radius 1 is 1.40 bits per heavy atom. The van der Waals surface area contributed by atoms with Crippen LogP contribution in [0.25, 0.3) is 0 Å². The van der Waals surface area contributed by atoms with Crippen LogP contribution in [0.5, 0.6) is 5.75 Å². The molecule has 0 aromatic heterocycles. The van der Waals surface area contributed by atoms with Crippen molar-refractivity contribution in [2.24, 2.45) is 0 Å². The zero-order chi connectivity index (χ0) is 15.1. The zero-order valence-corrected chi connectivity index (χ0v) is 11.3. The van der Waals surface area contributed by atoms with Crippen LogP contribution in [0, 0.1) is 5.82 Å². The number of amides is 1. The number of alkyl halides is 2. The van der Waals surface area contributed by atoms with E-state index in [1.54, 1.807) is 0 Å². The number of carbonyl (C=O) groups is 1. The Hall–Kier alpha value is -1.76. The van der Waals surface area contributed by atoms with E-state index >= 15 is 0 Å². The van der Waals surface area contributed by atoms with Gasteiger partial charge in [-0.2, -0.15) is 8.78 Å². The van der Waals surface area contributed by atoms with Gasteiger partial charge < -0.3 is 15.4 Å². The van der Waals surface area contributed by atoms with Crippen LogP contribution in [0.4, 0.5) is 18.9 Å². The summed E-state index contributed by atoms with van der Waals surface area (Å²) in [6.45, 7) is 1.42. The molecule has 0 heterocycles. The first-order chi connectivity index (χ1) is 9.42. The molecule has 0 saturated carbocycles. The summed E-state index contributed by atoms with van der Waals surface area (Å²) in [6, 6.07) is 3.28. The maximum Gasteiger partial charge on any atom is 0.387 e. The van der Waals surface area contributed by atoms with Gasteiger partial charge in [-0.15, -0.1) is 0 Å². The number of rotatable bonds is 7. The Morgan fingerprint density at radius 3 is 2.65 bits per heavy atom. The molecule has 1 rings (SSSR count). The van der Waals surface area contributed by atoms with Crippen molar-refractivity contribution in [3.63, 3.8) is 0 Å². The topological polar surface area (TPSA) is 50.4 Å². The van der Waals surface area contributed by atoms with E-state index in [4.69, 9.17) is 0 Å². The van der Waals surface area contributed by atoms with Gasteiger partial charge in [-0.3, -0.25) is 4.79 Å². The van der Waals surface area contributed by atoms with E-state index in [9.17, 15) is 18.0 Å². The van der Waals surface area contributed by atoms with Crippen molar-refractivity contribution in [3.05, 3.63) is 24.0 Å². The number of anilines is 1. The Kier molecular flexibility index (Phi) is 6.30. The van der Waals surface area contributed by atoms with Gasteiger partial charge in [0, 0.05) is 24.2 Å². The minimum absolute atomic E-state index is 0.00807. The van der Waals surface area contributed by atoms with Gasteiger partial charge in [0.15, 0.2) is 11.6 Å². The lowest BCUT2D eigenvalue weighted by Crippen LogP contribution is -2.30. The zero-order valence-electron chi connectivity index (χ0n) is 11.3. The van der Waals surface area contributed by atoms with Crippen LogP contribution >= 0.6 is 0 Å². The highest BCUT2D eigenvalue weighted by atomic mass is 19.3. The van der Waals surface area contributed by atoms with E-state index in [-0.39, 0.29) is 24.1 Å². The van der Waals surface area contributed by atoms with Gasteiger partial charge in [0.25, 0.3) is 0 Å². The Labute approximate surface area is 115 Å². The van der Waals surface area contributed by atoms with Crippen molar-refractivity contribution >= 4 is 11.6 Å². The molecule has 1 amide bonds. The first-order valence-electron chi connectivity index (χ1n) is 6.20. The van der Waals surface area contributed by atoms with E-state index in [1.165, 1.54) is 6.07 Å². The lowest BCUT2D eigenvalue weighted by molar-refractivity contribution is -0.116. The lowest BCUT2D eigenvalue weighted by atomic mass is 10.2. The molecule has 0 spiro atoms. The SMILES string of the molecule is CCNC(C)CC(=O)Nc1ccc(OC(F)F)c(F)c1. The predicted octanol–water partition coefficient (Wildman–Crippen LogP) is 2.75. The second kappa shape index (κ2) is 7.74. The fraction of sp³-hybridized carbons (Fsp3) is 0.462. The Balaban J connectivity index is 2.60. The molecule has 7 heteroatoms. The predicted molar refractivity (Wildman–Crippen MR) is 69.4 cm³/mol. The van der Waals surface area contributed by atoms with Crippen LogP contribution in [-0.2, 0) is 4.79 Å². The summed E-state index contributed by atoms with van der Waals surface area (Å²) < 4.78 is 41.3. The van der Waals surface area contributed by atoms with Gasteiger partial charge in [-0.25, -0.2) is 4.39 Å². The van der Waals surface area contributed by atoms with Gasteiger partial charge in [-0.1, -0.05) is 6.92 Å². The van der Waals surface area contributed by atoms with Crippen molar-refractivity contribution in [1.82, 2.24) is 5.32 Å². The number of carbonyl (C=O) groups excluding carboxylic acids is 1. The molecule has 1 aromatic rings. The van der Waals surface area contributed by atoms with Crippen LogP contribution in [-0.4, -0.2) is 25.1 Å². The average Bonchev–Trinajstić information content (AvgIpc) is 2.32. The third-order valence-electron chi connectivity index (χ3n) is 2.48. The number of halogens is 3. The van der Waals surface area contributed by atoms with Gasteiger partial charge in [-0.05, 0) is 25.6 Å². The molecule has 0 aliphatic heterocycles. The molecule has 0 aliphatic carbocycles. The highest BCUT2D eigenvalue weighted by molar-refractivity contribution is 5.91. The number of hydrogen-bond acceptors (Lipinski definition) is 3. The van der Waals surface area contributed by atoms with Gasteiger partial charge in [0.2, 0.25) is 5.91 Å². The highest BCUT2D eigenvalue weighted by Crippen LogP contribution is 2.22. The Bertz CT molecular complexity index is 455. The second-order valence-electron chi connectivity index (χ2n) is 4.23. The molecule has 1 aromatic carbocycles. The average molecular weight is 290 g/mol. The minimum Gasteiger partial charge on any atom is -0.432 e. The van der Waals surface area contributed by atoms with Crippen LogP contribution in [0.3, 0.4) is 0 Å². The fourth-order valence-corrected chi connectivity index (χ4v) is 1.68. The van der Waals surface area contributed by atoms with Crippen molar-refractivity contribution in [3.8, 4) is 5.75 Å². The molecule has 20 heavy (non-hydrogen) atoms. The van der Waals surface area contributed by atoms with Gasteiger partial charge >= 0.3 is 6.61 Å². The highest BCUT2D eigenvalue weighted by Gasteiger charge is 2.12. The molecule has 1 atom stereocenters. The number of ether oxygens (including phenoxy) is 1.